The van der Waals surface area contributed by atoms with Crippen LogP contribution in [0.4, 0.5) is 0 Å². The number of hydrogen-bond acceptors (Lipinski definition) is 3. The van der Waals surface area contributed by atoms with E-state index >= 15 is 0 Å². The highest BCUT2D eigenvalue weighted by molar-refractivity contribution is 6.42. The van der Waals surface area contributed by atoms with Gasteiger partial charge in [0, 0.05) is 19.2 Å². The molecule has 0 unspecified atom stereocenters. The van der Waals surface area contributed by atoms with Crippen molar-refractivity contribution in [3.8, 4) is 5.75 Å². The van der Waals surface area contributed by atoms with Crippen LogP contribution in [-0.2, 0) is 0 Å². The van der Waals surface area contributed by atoms with Gasteiger partial charge < -0.3 is 15.4 Å². The zero-order valence-electron chi connectivity index (χ0n) is 10.8. The van der Waals surface area contributed by atoms with Gasteiger partial charge in [-0.2, -0.15) is 0 Å². The normalized spacial score (nSPS) is 9.68. The lowest BCUT2D eigenvalue weighted by atomic mass is 10.2. The zero-order valence-corrected chi connectivity index (χ0v) is 13.1. The highest BCUT2D eigenvalue weighted by Gasteiger charge is 2.14. The van der Waals surface area contributed by atoms with Gasteiger partial charge in [0.2, 0.25) is 0 Å². The summed E-state index contributed by atoms with van der Waals surface area (Å²) in [6, 6.07) is 3.04. The fourth-order valence-corrected chi connectivity index (χ4v) is 1.73. The lowest BCUT2D eigenvalue weighted by Gasteiger charge is -2.10. The molecule has 108 valence electrons. The molecule has 7 heteroatoms. The van der Waals surface area contributed by atoms with E-state index in [1.165, 1.54) is 19.2 Å². The first-order valence-corrected chi connectivity index (χ1v) is 6.37. The lowest BCUT2D eigenvalue weighted by Crippen LogP contribution is -2.31. The largest absolute Gasteiger partial charge is 0.496 e. The van der Waals surface area contributed by atoms with Crippen LogP contribution in [0.25, 0.3) is 0 Å². The van der Waals surface area contributed by atoms with E-state index in [-0.39, 0.29) is 18.3 Å². The SMILES string of the molecule is CCNCCNC(=O)c1cc(Cl)c(Cl)cc1OC.Cl. The van der Waals surface area contributed by atoms with Gasteiger partial charge in [-0.15, -0.1) is 12.4 Å². The summed E-state index contributed by atoms with van der Waals surface area (Å²) < 4.78 is 5.11. The van der Waals surface area contributed by atoms with E-state index in [1.807, 2.05) is 6.92 Å². The van der Waals surface area contributed by atoms with Crippen molar-refractivity contribution < 1.29 is 9.53 Å². The molecule has 0 aliphatic rings. The van der Waals surface area contributed by atoms with E-state index in [4.69, 9.17) is 27.9 Å². The molecule has 0 saturated heterocycles. The van der Waals surface area contributed by atoms with Crippen LogP contribution in [-0.4, -0.2) is 32.7 Å². The van der Waals surface area contributed by atoms with Gasteiger partial charge in [0.25, 0.3) is 5.91 Å². The second kappa shape index (κ2) is 9.26. The summed E-state index contributed by atoms with van der Waals surface area (Å²) in [6.45, 7) is 4.12. The molecular formula is C12H17Cl3N2O2. The minimum atomic E-state index is -0.233. The number of benzene rings is 1. The second-order valence-electron chi connectivity index (χ2n) is 3.58. The molecule has 1 amide bonds. The van der Waals surface area contributed by atoms with Gasteiger partial charge in [-0.05, 0) is 12.6 Å². The standard InChI is InChI=1S/C12H16Cl2N2O2.ClH/c1-3-15-4-5-16-12(17)8-6-9(13)10(14)7-11(8)18-2;/h6-7,15H,3-5H2,1-2H3,(H,16,17);1H. The van der Waals surface area contributed by atoms with Crippen molar-refractivity contribution in [3.63, 3.8) is 0 Å². The van der Waals surface area contributed by atoms with Gasteiger partial charge in [-0.1, -0.05) is 30.1 Å². The fraction of sp³-hybridized carbons (Fsp3) is 0.417. The molecule has 0 aliphatic carbocycles. The molecule has 1 rings (SSSR count). The Kier molecular flexibility index (Phi) is 8.93. The number of rotatable bonds is 6. The number of ether oxygens (including phenoxy) is 1. The average molecular weight is 328 g/mol. The first-order chi connectivity index (χ1) is 8.60. The molecule has 2 N–H and O–H groups in total. The highest BCUT2D eigenvalue weighted by atomic mass is 35.5. The summed E-state index contributed by atoms with van der Waals surface area (Å²) in [6.07, 6.45) is 0. The smallest absolute Gasteiger partial charge is 0.255 e. The van der Waals surface area contributed by atoms with E-state index in [9.17, 15) is 4.79 Å². The molecule has 19 heavy (non-hydrogen) atoms. The third-order valence-corrected chi connectivity index (χ3v) is 3.05. The minimum Gasteiger partial charge on any atom is -0.496 e. The van der Waals surface area contributed by atoms with Gasteiger partial charge in [-0.25, -0.2) is 0 Å². The second-order valence-corrected chi connectivity index (χ2v) is 4.39. The van der Waals surface area contributed by atoms with Crippen LogP contribution in [0.5, 0.6) is 5.75 Å². The number of carbonyl (C=O) groups excluding carboxylic acids is 1. The molecule has 1 aromatic rings. The Morgan fingerprint density at radius 3 is 2.47 bits per heavy atom. The Morgan fingerprint density at radius 2 is 1.89 bits per heavy atom. The van der Waals surface area contributed by atoms with Gasteiger partial charge in [0.1, 0.15) is 5.75 Å². The van der Waals surface area contributed by atoms with Crippen molar-refractivity contribution in [1.29, 1.82) is 0 Å². The molecule has 0 aliphatic heterocycles. The number of halogens is 3. The highest BCUT2D eigenvalue weighted by Crippen LogP contribution is 2.30. The molecule has 0 heterocycles. The van der Waals surface area contributed by atoms with Crippen molar-refractivity contribution in [2.75, 3.05) is 26.7 Å². The Bertz CT molecular complexity index is 428. The van der Waals surface area contributed by atoms with Crippen LogP contribution in [0.1, 0.15) is 17.3 Å². The molecule has 1 aromatic carbocycles. The molecule has 4 nitrogen and oxygen atoms in total. The van der Waals surface area contributed by atoms with E-state index in [0.717, 1.165) is 6.54 Å². The molecule has 0 aromatic heterocycles. The quantitative estimate of drug-likeness (QED) is 0.790. The summed E-state index contributed by atoms with van der Waals surface area (Å²) in [7, 11) is 1.48. The van der Waals surface area contributed by atoms with Crippen LogP contribution in [0.2, 0.25) is 10.0 Å². The minimum absolute atomic E-state index is 0. The fourth-order valence-electron chi connectivity index (χ4n) is 1.41. The van der Waals surface area contributed by atoms with Gasteiger partial charge in [0.15, 0.2) is 0 Å². The maximum Gasteiger partial charge on any atom is 0.255 e. The third kappa shape index (κ3) is 5.45. The van der Waals surface area contributed by atoms with Crippen molar-refractivity contribution in [1.82, 2.24) is 10.6 Å². The van der Waals surface area contributed by atoms with Gasteiger partial charge in [-0.3, -0.25) is 4.79 Å². The summed E-state index contributed by atoms with van der Waals surface area (Å²) in [4.78, 5) is 11.9. The van der Waals surface area contributed by atoms with Crippen LogP contribution < -0.4 is 15.4 Å². The van der Waals surface area contributed by atoms with E-state index < -0.39 is 0 Å². The number of amides is 1. The molecule has 0 radical (unpaired) electrons. The Balaban J connectivity index is 0.00000324. The van der Waals surface area contributed by atoms with E-state index in [0.29, 0.717) is 34.4 Å². The van der Waals surface area contributed by atoms with Crippen molar-refractivity contribution in [2.45, 2.75) is 6.92 Å². The average Bonchev–Trinajstić information content (AvgIpc) is 2.37. The van der Waals surface area contributed by atoms with Gasteiger partial charge >= 0.3 is 0 Å². The van der Waals surface area contributed by atoms with Crippen molar-refractivity contribution in [2.24, 2.45) is 0 Å². The molecule has 0 fully saturated rings. The van der Waals surface area contributed by atoms with E-state index in [1.54, 1.807) is 0 Å². The van der Waals surface area contributed by atoms with Crippen LogP contribution in [0.15, 0.2) is 12.1 Å². The molecular weight excluding hydrogens is 311 g/mol. The van der Waals surface area contributed by atoms with Crippen LogP contribution in [0, 0.1) is 0 Å². The van der Waals surface area contributed by atoms with Gasteiger partial charge in [0.05, 0.1) is 22.7 Å². The maximum atomic E-state index is 11.9. The van der Waals surface area contributed by atoms with Crippen molar-refractivity contribution in [3.05, 3.63) is 27.7 Å². The zero-order chi connectivity index (χ0) is 13.5. The third-order valence-electron chi connectivity index (χ3n) is 2.32. The topological polar surface area (TPSA) is 50.4 Å². The molecule has 0 saturated carbocycles. The molecule has 0 atom stereocenters. The summed E-state index contributed by atoms with van der Waals surface area (Å²) in [5.41, 5.74) is 0.378. The first kappa shape index (κ1) is 18.3. The maximum absolute atomic E-state index is 11.9. The predicted octanol–water partition coefficient (Wildman–Crippen LogP) is 2.76. The number of hydrogen-bond donors (Lipinski definition) is 2. The van der Waals surface area contributed by atoms with E-state index in [2.05, 4.69) is 10.6 Å². The van der Waals surface area contributed by atoms with Crippen LogP contribution >= 0.6 is 35.6 Å². The molecule has 0 bridgehead atoms. The number of methoxy groups -OCH3 is 1. The Hall–Kier alpha value is -0.680. The Labute approximate surface area is 129 Å². The monoisotopic (exact) mass is 326 g/mol. The summed E-state index contributed by atoms with van der Waals surface area (Å²) >= 11 is 11.8. The lowest BCUT2D eigenvalue weighted by molar-refractivity contribution is 0.0951. The predicted molar refractivity (Wildman–Crippen MR) is 81.1 cm³/mol. The summed E-state index contributed by atoms with van der Waals surface area (Å²) in [5, 5.41) is 6.57. The van der Waals surface area contributed by atoms with Crippen LogP contribution in [0.3, 0.4) is 0 Å². The number of nitrogens with one attached hydrogen (secondary N) is 2. The first-order valence-electron chi connectivity index (χ1n) is 5.62. The Morgan fingerprint density at radius 1 is 1.26 bits per heavy atom. The van der Waals surface area contributed by atoms with Crippen molar-refractivity contribution >= 4 is 41.5 Å². The molecule has 0 spiro atoms. The number of carbonyl (C=O) groups is 1. The summed E-state index contributed by atoms with van der Waals surface area (Å²) in [5.74, 6) is 0.175. The number of likely N-dealkylation sites (N-methyl/N-ethyl adjacent to an activating group) is 1.